The van der Waals surface area contributed by atoms with E-state index in [1.165, 1.54) is 18.2 Å². The number of halogens is 3. The zero-order valence-electron chi connectivity index (χ0n) is 16.1. The Morgan fingerprint density at radius 3 is 2.48 bits per heavy atom. The van der Waals surface area contributed by atoms with Crippen molar-refractivity contribution in [2.45, 2.75) is 59.0 Å². The number of alkyl halides is 3. The van der Waals surface area contributed by atoms with Crippen LogP contribution in [0, 0.1) is 5.41 Å². The fourth-order valence-electron chi connectivity index (χ4n) is 2.33. The topological polar surface area (TPSA) is 67.8 Å². The molecule has 8 heteroatoms. The lowest BCUT2D eigenvalue weighted by atomic mass is 9.87. The highest BCUT2D eigenvalue weighted by Gasteiger charge is 2.31. The number of hydrogen-bond acceptors (Lipinski definition) is 4. The zero-order valence-corrected chi connectivity index (χ0v) is 16.1. The number of hydrogen-bond donors (Lipinski definition) is 2. The highest BCUT2D eigenvalue weighted by Crippen LogP contribution is 2.27. The van der Waals surface area contributed by atoms with Gasteiger partial charge in [0.1, 0.15) is 5.75 Å². The molecule has 0 aliphatic carbocycles. The van der Waals surface area contributed by atoms with E-state index < -0.39 is 23.9 Å². The van der Waals surface area contributed by atoms with Crippen molar-refractivity contribution in [2.75, 3.05) is 13.2 Å². The molecule has 154 valence electrons. The van der Waals surface area contributed by atoms with Gasteiger partial charge in [-0.2, -0.15) is 0 Å². The molecule has 0 fully saturated rings. The highest BCUT2D eigenvalue weighted by molar-refractivity contribution is 5.77. The number of aliphatic hydroxyl groups is 1. The van der Waals surface area contributed by atoms with E-state index in [0.717, 1.165) is 0 Å². The molecule has 1 unspecified atom stereocenters. The van der Waals surface area contributed by atoms with Gasteiger partial charge in [-0.3, -0.25) is 4.79 Å². The van der Waals surface area contributed by atoms with Crippen molar-refractivity contribution in [3.05, 3.63) is 29.8 Å². The number of ether oxygens (including phenoxy) is 2. The second-order valence-corrected chi connectivity index (χ2v) is 7.31. The standard InChI is InChI=1S/C19H28F3NO4/c1-5-26-10-9-15(23-17(25)12-16(24)18(2,3)4)13-7-6-8-14(11-13)27-19(20,21)22/h6-8,11,15-16,24H,5,9-10,12H2,1-4H3,(H,23,25)/t15-,16?/m0/s1. The molecule has 2 atom stereocenters. The van der Waals surface area contributed by atoms with Crippen LogP contribution < -0.4 is 10.1 Å². The van der Waals surface area contributed by atoms with Crippen LogP contribution in [0.2, 0.25) is 0 Å². The van der Waals surface area contributed by atoms with Crippen molar-refractivity contribution in [3.8, 4) is 5.75 Å². The van der Waals surface area contributed by atoms with Crippen molar-refractivity contribution >= 4 is 5.91 Å². The quantitative estimate of drug-likeness (QED) is 0.625. The van der Waals surface area contributed by atoms with Crippen LogP contribution in [0.4, 0.5) is 13.2 Å². The third-order valence-electron chi connectivity index (χ3n) is 3.96. The summed E-state index contributed by atoms with van der Waals surface area (Å²) in [7, 11) is 0. The summed E-state index contributed by atoms with van der Waals surface area (Å²) in [4.78, 5) is 12.3. The molecule has 0 bridgehead atoms. The highest BCUT2D eigenvalue weighted by atomic mass is 19.4. The Morgan fingerprint density at radius 2 is 1.93 bits per heavy atom. The average Bonchev–Trinajstić information content (AvgIpc) is 2.51. The molecule has 0 aliphatic rings. The Balaban J connectivity index is 2.90. The minimum Gasteiger partial charge on any atom is -0.406 e. The summed E-state index contributed by atoms with van der Waals surface area (Å²) >= 11 is 0. The fraction of sp³-hybridized carbons (Fsp3) is 0.632. The Hall–Kier alpha value is -1.80. The second-order valence-electron chi connectivity index (χ2n) is 7.31. The molecule has 0 aromatic heterocycles. The monoisotopic (exact) mass is 391 g/mol. The maximum absolute atomic E-state index is 12.4. The van der Waals surface area contributed by atoms with E-state index >= 15 is 0 Å². The molecule has 1 aromatic carbocycles. The predicted octanol–water partition coefficient (Wildman–Crippen LogP) is 3.97. The first kappa shape index (κ1) is 23.2. The van der Waals surface area contributed by atoms with Gasteiger partial charge in [-0.05, 0) is 36.5 Å². The van der Waals surface area contributed by atoms with Crippen molar-refractivity contribution in [2.24, 2.45) is 5.41 Å². The van der Waals surface area contributed by atoms with Gasteiger partial charge in [0.05, 0.1) is 18.6 Å². The molecule has 5 nitrogen and oxygen atoms in total. The maximum atomic E-state index is 12.4. The van der Waals surface area contributed by atoms with Crippen molar-refractivity contribution < 1.29 is 32.5 Å². The van der Waals surface area contributed by atoms with E-state index in [-0.39, 0.29) is 18.1 Å². The molecule has 0 saturated carbocycles. The average molecular weight is 391 g/mol. The third kappa shape index (κ3) is 9.10. The molecule has 1 aromatic rings. The number of aliphatic hydroxyl groups excluding tert-OH is 1. The maximum Gasteiger partial charge on any atom is 0.573 e. The number of carbonyl (C=O) groups excluding carboxylic acids is 1. The van der Waals surface area contributed by atoms with Crippen LogP contribution in [0.25, 0.3) is 0 Å². The van der Waals surface area contributed by atoms with Gasteiger partial charge in [-0.15, -0.1) is 13.2 Å². The molecule has 1 amide bonds. The third-order valence-corrected chi connectivity index (χ3v) is 3.96. The van der Waals surface area contributed by atoms with Gasteiger partial charge < -0.3 is 19.9 Å². The first-order valence-corrected chi connectivity index (χ1v) is 8.83. The molecule has 0 radical (unpaired) electrons. The normalized spacial score (nSPS) is 14.5. The number of amides is 1. The lowest BCUT2D eigenvalue weighted by Gasteiger charge is -2.26. The number of carbonyl (C=O) groups is 1. The van der Waals surface area contributed by atoms with E-state index in [2.05, 4.69) is 10.1 Å². The van der Waals surface area contributed by atoms with Gasteiger partial charge in [0.2, 0.25) is 5.91 Å². The van der Waals surface area contributed by atoms with E-state index in [0.29, 0.717) is 25.2 Å². The Bertz CT molecular complexity index is 599. The number of benzene rings is 1. The molecular formula is C19H28F3NO4. The largest absolute Gasteiger partial charge is 0.573 e. The summed E-state index contributed by atoms with van der Waals surface area (Å²) in [5.74, 6) is -0.744. The molecule has 27 heavy (non-hydrogen) atoms. The minimum absolute atomic E-state index is 0.104. The molecule has 0 spiro atoms. The van der Waals surface area contributed by atoms with Crippen LogP contribution in [0.5, 0.6) is 5.75 Å². The molecule has 0 saturated heterocycles. The van der Waals surface area contributed by atoms with Gasteiger partial charge in [-0.25, -0.2) is 0 Å². The smallest absolute Gasteiger partial charge is 0.406 e. The van der Waals surface area contributed by atoms with Crippen LogP contribution in [-0.4, -0.2) is 36.7 Å². The van der Waals surface area contributed by atoms with Gasteiger partial charge in [0, 0.05) is 13.2 Å². The molecule has 1 rings (SSSR count). The van der Waals surface area contributed by atoms with Crippen molar-refractivity contribution in [1.29, 1.82) is 0 Å². The van der Waals surface area contributed by atoms with Crippen molar-refractivity contribution in [1.82, 2.24) is 5.32 Å². The summed E-state index contributed by atoms with van der Waals surface area (Å²) in [6, 6.07) is 4.92. The van der Waals surface area contributed by atoms with Gasteiger partial charge in [0.25, 0.3) is 0 Å². The van der Waals surface area contributed by atoms with Crippen LogP contribution in [0.15, 0.2) is 24.3 Å². The van der Waals surface area contributed by atoms with Gasteiger partial charge in [-0.1, -0.05) is 32.9 Å². The Morgan fingerprint density at radius 1 is 1.26 bits per heavy atom. The van der Waals surface area contributed by atoms with Crippen LogP contribution in [0.3, 0.4) is 0 Å². The predicted molar refractivity (Wildman–Crippen MR) is 95.2 cm³/mol. The van der Waals surface area contributed by atoms with E-state index in [4.69, 9.17) is 4.74 Å². The lowest BCUT2D eigenvalue weighted by Crippen LogP contribution is -2.36. The lowest BCUT2D eigenvalue weighted by molar-refractivity contribution is -0.274. The first-order valence-electron chi connectivity index (χ1n) is 8.83. The SMILES string of the molecule is CCOCC[C@H](NC(=O)CC(O)C(C)(C)C)c1cccc(OC(F)(F)F)c1. The Kier molecular flexibility index (Phi) is 8.56. The minimum atomic E-state index is -4.79. The fourth-order valence-corrected chi connectivity index (χ4v) is 2.33. The van der Waals surface area contributed by atoms with Crippen LogP contribution in [-0.2, 0) is 9.53 Å². The summed E-state index contributed by atoms with van der Waals surface area (Å²) in [5.41, 5.74) is 0.00794. The Labute approximate surface area is 157 Å². The van der Waals surface area contributed by atoms with Gasteiger partial charge in [0.15, 0.2) is 0 Å². The summed E-state index contributed by atoms with van der Waals surface area (Å²) in [6.07, 6.45) is -5.36. The first-order chi connectivity index (χ1) is 12.4. The molecule has 2 N–H and O–H groups in total. The second kappa shape index (κ2) is 9.94. The molecule has 0 heterocycles. The molecular weight excluding hydrogens is 363 g/mol. The summed E-state index contributed by atoms with van der Waals surface area (Å²) in [5, 5.41) is 12.9. The summed E-state index contributed by atoms with van der Waals surface area (Å²) in [6.45, 7) is 8.08. The van der Waals surface area contributed by atoms with E-state index in [1.807, 2.05) is 27.7 Å². The van der Waals surface area contributed by atoms with Gasteiger partial charge >= 0.3 is 6.36 Å². The van der Waals surface area contributed by atoms with E-state index in [1.54, 1.807) is 6.07 Å². The summed E-state index contributed by atoms with van der Waals surface area (Å²) < 4.78 is 46.6. The van der Waals surface area contributed by atoms with E-state index in [9.17, 15) is 23.1 Å². The zero-order chi connectivity index (χ0) is 20.7. The molecule has 0 aliphatic heterocycles. The van der Waals surface area contributed by atoms with Crippen LogP contribution in [0.1, 0.15) is 52.1 Å². The van der Waals surface area contributed by atoms with Crippen molar-refractivity contribution in [3.63, 3.8) is 0 Å². The van der Waals surface area contributed by atoms with Crippen LogP contribution >= 0.6 is 0 Å². The number of rotatable bonds is 9. The number of nitrogens with one attached hydrogen (secondary N) is 1.